The van der Waals surface area contributed by atoms with Crippen molar-refractivity contribution in [1.29, 1.82) is 0 Å². The van der Waals surface area contributed by atoms with Gasteiger partial charge in [-0.1, -0.05) is 46.3 Å². The molecule has 0 amide bonds. The van der Waals surface area contributed by atoms with E-state index in [1.807, 2.05) is 35.0 Å². The molecule has 0 fully saturated rings. The lowest BCUT2D eigenvalue weighted by molar-refractivity contribution is 0.380. The van der Waals surface area contributed by atoms with Crippen LogP contribution in [0.4, 0.5) is 11.9 Å². The van der Waals surface area contributed by atoms with Crippen molar-refractivity contribution in [2.24, 2.45) is 0 Å². The summed E-state index contributed by atoms with van der Waals surface area (Å²) in [5.74, 6) is 1.77. The van der Waals surface area contributed by atoms with Gasteiger partial charge in [0, 0.05) is 10.0 Å². The number of para-hydroxylation sites is 1. The van der Waals surface area contributed by atoms with Crippen molar-refractivity contribution in [2.75, 3.05) is 18.2 Å². The minimum Gasteiger partial charge on any atom is -0.496 e. The van der Waals surface area contributed by atoms with Gasteiger partial charge in [0.05, 0.1) is 19.2 Å². The van der Waals surface area contributed by atoms with E-state index in [9.17, 15) is 0 Å². The second-order valence-electron chi connectivity index (χ2n) is 5.98. The first kappa shape index (κ1) is 16.0. The molecule has 1 aliphatic rings. The molecule has 0 unspecified atom stereocenters. The van der Waals surface area contributed by atoms with Crippen LogP contribution in [0.25, 0.3) is 0 Å². The number of fused-ring (bicyclic) bond motifs is 1. The zero-order chi connectivity index (χ0) is 17.4. The maximum absolute atomic E-state index is 5.85. The molecule has 0 bridgehead atoms. The average Bonchev–Trinajstić information content (AvgIpc) is 3.01. The summed E-state index contributed by atoms with van der Waals surface area (Å²) in [5.41, 5.74) is 8.11. The summed E-state index contributed by atoms with van der Waals surface area (Å²) in [4.78, 5) is 4.34. The van der Waals surface area contributed by atoms with Crippen molar-refractivity contribution in [2.45, 2.75) is 18.5 Å². The van der Waals surface area contributed by atoms with Gasteiger partial charge in [0.15, 0.2) is 0 Å². The highest BCUT2D eigenvalue weighted by Gasteiger charge is 2.32. The van der Waals surface area contributed by atoms with Crippen molar-refractivity contribution in [3.8, 4) is 5.75 Å². The molecular formula is C18H18BrN5O. The van der Waals surface area contributed by atoms with Crippen LogP contribution in [0.3, 0.4) is 0 Å². The predicted molar refractivity (Wildman–Crippen MR) is 101 cm³/mol. The molecule has 6 nitrogen and oxygen atoms in total. The van der Waals surface area contributed by atoms with E-state index in [4.69, 9.17) is 10.5 Å². The summed E-state index contributed by atoms with van der Waals surface area (Å²) in [6.45, 7) is 0. The van der Waals surface area contributed by atoms with Crippen molar-refractivity contribution in [3.63, 3.8) is 0 Å². The third kappa shape index (κ3) is 2.95. The van der Waals surface area contributed by atoms with Crippen molar-refractivity contribution < 1.29 is 4.74 Å². The largest absolute Gasteiger partial charge is 0.496 e. The fraction of sp³-hybridized carbons (Fsp3) is 0.222. The first-order valence-electron chi connectivity index (χ1n) is 8.02. The fourth-order valence-electron chi connectivity index (χ4n) is 3.31. The van der Waals surface area contributed by atoms with Crippen LogP contribution in [0.15, 0.2) is 53.0 Å². The quantitative estimate of drug-likeness (QED) is 0.700. The number of benzene rings is 2. The molecule has 128 valence electrons. The number of anilines is 2. The molecule has 4 rings (SSSR count). The van der Waals surface area contributed by atoms with Crippen LogP contribution >= 0.6 is 15.9 Å². The summed E-state index contributed by atoms with van der Waals surface area (Å²) >= 11 is 3.49. The number of nitrogens with one attached hydrogen (secondary N) is 1. The summed E-state index contributed by atoms with van der Waals surface area (Å²) < 4.78 is 8.46. The molecule has 0 aliphatic carbocycles. The van der Waals surface area contributed by atoms with Gasteiger partial charge in [-0.2, -0.15) is 4.98 Å². The number of halogens is 1. The highest BCUT2D eigenvalue weighted by molar-refractivity contribution is 9.10. The van der Waals surface area contributed by atoms with Crippen molar-refractivity contribution in [3.05, 3.63) is 64.1 Å². The molecule has 0 radical (unpaired) electrons. The SMILES string of the molecule is COc1ccccc1[C@H]1C[C@H](c2ccc(Br)cc2)Nc2nc(N)nn21. The molecule has 0 saturated heterocycles. The molecule has 2 atom stereocenters. The topological polar surface area (TPSA) is 78.0 Å². The normalized spacial score (nSPS) is 19.1. The molecule has 1 aliphatic heterocycles. The summed E-state index contributed by atoms with van der Waals surface area (Å²) in [7, 11) is 1.68. The second-order valence-corrected chi connectivity index (χ2v) is 6.90. The minimum atomic E-state index is -0.00848. The first-order valence-corrected chi connectivity index (χ1v) is 8.82. The number of hydrogen-bond acceptors (Lipinski definition) is 5. The molecule has 0 spiro atoms. The fourth-order valence-corrected chi connectivity index (χ4v) is 3.57. The van der Waals surface area contributed by atoms with Gasteiger partial charge in [0.1, 0.15) is 5.75 Å². The van der Waals surface area contributed by atoms with E-state index < -0.39 is 0 Å². The molecule has 3 aromatic rings. The number of aromatic nitrogens is 3. The van der Waals surface area contributed by atoms with Crippen molar-refractivity contribution in [1.82, 2.24) is 14.8 Å². The van der Waals surface area contributed by atoms with Gasteiger partial charge in [-0.05, 0) is 30.2 Å². The number of ether oxygens (including phenoxy) is 1. The van der Waals surface area contributed by atoms with Gasteiger partial charge < -0.3 is 15.8 Å². The van der Waals surface area contributed by atoms with Crippen LogP contribution < -0.4 is 15.8 Å². The Hall–Kier alpha value is -2.54. The lowest BCUT2D eigenvalue weighted by atomic mass is 9.93. The van der Waals surface area contributed by atoms with Crippen LogP contribution in [-0.2, 0) is 0 Å². The lowest BCUT2D eigenvalue weighted by Gasteiger charge is -2.32. The number of methoxy groups -OCH3 is 1. The molecule has 25 heavy (non-hydrogen) atoms. The third-order valence-corrected chi connectivity index (χ3v) is 5.00. The Labute approximate surface area is 154 Å². The molecule has 2 heterocycles. The van der Waals surface area contributed by atoms with E-state index >= 15 is 0 Å². The smallest absolute Gasteiger partial charge is 0.241 e. The summed E-state index contributed by atoms with van der Waals surface area (Å²) in [6, 6.07) is 16.4. The monoisotopic (exact) mass is 399 g/mol. The van der Waals surface area contributed by atoms with Crippen molar-refractivity contribution >= 4 is 27.8 Å². The Bertz CT molecular complexity index is 893. The van der Waals surface area contributed by atoms with Gasteiger partial charge in [-0.3, -0.25) is 0 Å². The van der Waals surface area contributed by atoms with Gasteiger partial charge in [-0.25, -0.2) is 4.68 Å². The van der Waals surface area contributed by atoms with Crippen LogP contribution in [-0.4, -0.2) is 21.9 Å². The highest BCUT2D eigenvalue weighted by atomic mass is 79.9. The highest BCUT2D eigenvalue weighted by Crippen LogP contribution is 2.40. The molecule has 3 N–H and O–H groups in total. The zero-order valence-corrected chi connectivity index (χ0v) is 15.3. The Balaban J connectivity index is 1.78. The van der Waals surface area contributed by atoms with E-state index in [2.05, 4.69) is 49.5 Å². The van der Waals surface area contributed by atoms with Crippen LogP contribution in [0.1, 0.15) is 29.6 Å². The Morgan fingerprint density at radius 1 is 1.20 bits per heavy atom. The van der Waals surface area contributed by atoms with E-state index in [1.165, 1.54) is 5.56 Å². The number of nitrogen functional groups attached to an aromatic ring is 1. The van der Waals surface area contributed by atoms with Crippen LogP contribution in [0, 0.1) is 0 Å². The van der Waals surface area contributed by atoms with E-state index in [-0.39, 0.29) is 18.0 Å². The van der Waals surface area contributed by atoms with E-state index in [0.717, 1.165) is 22.2 Å². The van der Waals surface area contributed by atoms with Crippen LogP contribution in [0.5, 0.6) is 5.75 Å². The lowest BCUT2D eigenvalue weighted by Crippen LogP contribution is -2.28. The molecular weight excluding hydrogens is 382 g/mol. The second kappa shape index (κ2) is 6.40. The van der Waals surface area contributed by atoms with E-state index in [1.54, 1.807) is 7.11 Å². The van der Waals surface area contributed by atoms with Gasteiger partial charge in [-0.15, -0.1) is 5.10 Å². The minimum absolute atomic E-state index is 0.00848. The predicted octanol–water partition coefficient (Wildman–Crippen LogP) is 3.78. The molecule has 2 aromatic carbocycles. The summed E-state index contributed by atoms with van der Waals surface area (Å²) in [6.07, 6.45) is 0.817. The van der Waals surface area contributed by atoms with E-state index in [0.29, 0.717) is 5.95 Å². The van der Waals surface area contributed by atoms with Gasteiger partial charge in [0.25, 0.3) is 0 Å². The number of hydrogen-bond donors (Lipinski definition) is 2. The standard InChI is InChI=1S/C18H18BrN5O/c1-25-16-5-3-2-4-13(16)15-10-14(11-6-8-12(19)9-7-11)21-18-22-17(20)23-24(15)18/h2-9,14-15H,10H2,1H3,(H3,20,21,22,23)/t14-,15-/m1/s1. The Morgan fingerprint density at radius 3 is 2.72 bits per heavy atom. The number of nitrogens with zero attached hydrogens (tertiary/aromatic N) is 3. The summed E-state index contributed by atoms with van der Waals surface area (Å²) in [5, 5.41) is 7.83. The molecule has 0 saturated carbocycles. The Morgan fingerprint density at radius 2 is 1.96 bits per heavy atom. The average molecular weight is 400 g/mol. The third-order valence-electron chi connectivity index (χ3n) is 4.48. The zero-order valence-electron chi connectivity index (χ0n) is 13.7. The number of nitrogens with two attached hydrogens (primary N) is 1. The number of rotatable bonds is 3. The molecule has 1 aromatic heterocycles. The Kier molecular flexibility index (Phi) is 4.09. The first-order chi connectivity index (χ1) is 12.2. The maximum atomic E-state index is 5.85. The van der Waals surface area contributed by atoms with Crippen LogP contribution in [0.2, 0.25) is 0 Å². The molecule has 7 heteroatoms. The maximum Gasteiger partial charge on any atom is 0.241 e. The van der Waals surface area contributed by atoms with Gasteiger partial charge in [0.2, 0.25) is 11.9 Å². The van der Waals surface area contributed by atoms with Gasteiger partial charge >= 0.3 is 0 Å².